The summed E-state index contributed by atoms with van der Waals surface area (Å²) in [5, 5.41) is 0. The summed E-state index contributed by atoms with van der Waals surface area (Å²) in [6.07, 6.45) is 2.13. The van der Waals surface area contributed by atoms with Gasteiger partial charge in [0.2, 0.25) is 0 Å². The minimum absolute atomic E-state index is 0.992. The Balaban J connectivity index is 2.71. The van der Waals surface area contributed by atoms with Gasteiger partial charge in [-0.05, 0) is 47.2 Å². The third-order valence-electron chi connectivity index (χ3n) is 1.43. The fraction of sp³-hybridized carbons (Fsp3) is 0.273. The Labute approximate surface area is 87.5 Å². The SMILES string of the molecule is CCCC#Cc1cccc(I)c1. The van der Waals surface area contributed by atoms with Crippen LogP contribution in [-0.4, -0.2) is 0 Å². The van der Waals surface area contributed by atoms with Crippen LogP contribution in [0.3, 0.4) is 0 Å². The summed E-state index contributed by atoms with van der Waals surface area (Å²) in [5.41, 5.74) is 1.12. The van der Waals surface area contributed by atoms with Gasteiger partial charge in [-0.25, -0.2) is 0 Å². The topological polar surface area (TPSA) is 0 Å². The quantitative estimate of drug-likeness (QED) is 0.541. The van der Waals surface area contributed by atoms with Gasteiger partial charge in [0.1, 0.15) is 0 Å². The lowest BCUT2D eigenvalue weighted by atomic mass is 10.2. The van der Waals surface area contributed by atoms with E-state index in [4.69, 9.17) is 0 Å². The van der Waals surface area contributed by atoms with E-state index in [1.165, 1.54) is 3.57 Å². The van der Waals surface area contributed by atoms with Crippen molar-refractivity contribution < 1.29 is 0 Å². The first kappa shape index (κ1) is 9.60. The van der Waals surface area contributed by atoms with Crippen LogP contribution in [0.15, 0.2) is 24.3 Å². The van der Waals surface area contributed by atoms with E-state index in [-0.39, 0.29) is 0 Å². The molecule has 0 saturated heterocycles. The van der Waals surface area contributed by atoms with E-state index in [0.29, 0.717) is 0 Å². The second-order valence-corrected chi connectivity index (χ2v) is 3.81. The number of hydrogen-bond acceptors (Lipinski definition) is 0. The van der Waals surface area contributed by atoms with E-state index in [1.807, 2.05) is 12.1 Å². The average Bonchev–Trinajstić information content (AvgIpc) is 2.05. The lowest BCUT2D eigenvalue weighted by Crippen LogP contribution is -1.75. The molecule has 0 atom stereocenters. The first-order valence-electron chi connectivity index (χ1n) is 4.07. The molecule has 0 heterocycles. The van der Waals surface area contributed by atoms with Gasteiger partial charge in [-0.1, -0.05) is 24.8 Å². The molecule has 0 aliphatic carbocycles. The largest absolute Gasteiger partial charge is 0.0979 e. The summed E-state index contributed by atoms with van der Waals surface area (Å²) in [5.74, 6) is 6.26. The Morgan fingerprint density at radius 3 is 2.92 bits per heavy atom. The van der Waals surface area contributed by atoms with Crippen LogP contribution in [0.2, 0.25) is 0 Å². The monoisotopic (exact) mass is 270 g/mol. The first-order chi connectivity index (χ1) is 5.83. The maximum absolute atomic E-state index is 3.13. The lowest BCUT2D eigenvalue weighted by molar-refractivity contribution is 0.983. The Hall–Kier alpha value is -0.490. The van der Waals surface area contributed by atoms with Crippen LogP contribution in [0.5, 0.6) is 0 Å². The lowest BCUT2D eigenvalue weighted by Gasteiger charge is -1.90. The van der Waals surface area contributed by atoms with E-state index in [1.54, 1.807) is 0 Å². The molecule has 0 bridgehead atoms. The van der Waals surface area contributed by atoms with Gasteiger partial charge in [0.15, 0.2) is 0 Å². The minimum atomic E-state index is 0.992. The Bertz CT molecular complexity index is 304. The molecule has 0 aliphatic rings. The molecule has 0 unspecified atom stereocenters. The number of unbranched alkanes of at least 4 members (excludes halogenated alkanes) is 1. The van der Waals surface area contributed by atoms with Gasteiger partial charge in [-0.3, -0.25) is 0 Å². The molecule has 12 heavy (non-hydrogen) atoms. The average molecular weight is 270 g/mol. The fourth-order valence-electron chi connectivity index (χ4n) is 0.856. The molecule has 0 N–H and O–H groups in total. The van der Waals surface area contributed by atoms with Crippen molar-refractivity contribution in [3.63, 3.8) is 0 Å². The second-order valence-electron chi connectivity index (χ2n) is 2.56. The Morgan fingerprint density at radius 2 is 2.25 bits per heavy atom. The molecule has 1 rings (SSSR count). The third kappa shape index (κ3) is 3.27. The zero-order valence-electron chi connectivity index (χ0n) is 7.10. The van der Waals surface area contributed by atoms with Crippen LogP contribution in [0, 0.1) is 15.4 Å². The predicted octanol–water partition coefficient (Wildman–Crippen LogP) is 3.44. The minimum Gasteiger partial charge on any atom is -0.0979 e. The highest BCUT2D eigenvalue weighted by molar-refractivity contribution is 14.1. The van der Waals surface area contributed by atoms with Crippen LogP contribution < -0.4 is 0 Å². The van der Waals surface area contributed by atoms with E-state index < -0.39 is 0 Å². The second kappa shape index (κ2) is 5.21. The third-order valence-corrected chi connectivity index (χ3v) is 2.10. The van der Waals surface area contributed by atoms with Gasteiger partial charge in [-0.2, -0.15) is 0 Å². The number of rotatable bonds is 1. The Morgan fingerprint density at radius 1 is 1.42 bits per heavy atom. The Kier molecular flexibility index (Phi) is 4.16. The fourth-order valence-corrected chi connectivity index (χ4v) is 1.40. The van der Waals surface area contributed by atoms with Gasteiger partial charge < -0.3 is 0 Å². The van der Waals surface area contributed by atoms with Crippen molar-refractivity contribution in [2.24, 2.45) is 0 Å². The van der Waals surface area contributed by atoms with E-state index >= 15 is 0 Å². The summed E-state index contributed by atoms with van der Waals surface area (Å²) < 4.78 is 1.25. The van der Waals surface area contributed by atoms with Crippen molar-refractivity contribution in [1.29, 1.82) is 0 Å². The highest BCUT2D eigenvalue weighted by atomic mass is 127. The molecule has 0 saturated carbocycles. The molecule has 1 aromatic rings. The molecular formula is C11H11I. The summed E-state index contributed by atoms with van der Waals surface area (Å²) >= 11 is 2.30. The van der Waals surface area contributed by atoms with Crippen LogP contribution >= 0.6 is 22.6 Å². The summed E-state index contributed by atoms with van der Waals surface area (Å²) in [4.78, 5) is 0. The van der Waals surface area contributed by atoms with Gasteiger partial charge >= 0.3 is 0 Å². The van der Waals surface area contributed by atoms with Crippen molar-refractivity contribution >= 4 is 22.6 Å². The maximum atomic E-state index is 3.13. The normalized spacial score (nSPS) is 8.83. The number of halogens is 1. The zero-order valence-corrected chi connectivity index (χ0v) is 9.26. The standard InChI is InChI=1S/C11H11I/c1-2-3-4-6-10-7-5-8-11(12)9-10/h5,7-9H,2-3H2,1H3. The van der Waals surface area contributed by atoms with Gasteiger partial charge in [-0.15, -0.1) is 0 Å². The van der Waals surface area contributed by atoms with Crippen molar-refractivity contribution in [2.45, 2.75) is 19.8 Å². The van der Waals surface area contributed by atoms with Crippen molar-refractivity contribution in [3.8, 4) is 11.8 Å². The molecular weight excluding hydrogens is 259 g/mol. The predicted molar refractivity (Wildman–Crippen MR) is 60.9 cm³/mol. The summed E-state index contributed by atoms with van der Waals surface area (Å²) in [6, 6.07) is 8.26. The van der Waals surface area contributed by atoms with Crippen molar-refractivity contribution in [3.05, 3.63) is 33.4 Å². The van der Waals surface area contributed by atoms with Crippen molar-refractivity contribution in [1.82, 2.24) is 0 Å². The van der Waals surface area contributed by atoms with Gasteiger partial charge in [0.05, 0.1) is 0 Å². The molecule has 0 fully saturated rings. The number of benzene rings is 1. The van der Waals surface area contributed by atoms with E-state index in [2.05, 4.69) is 53.5 Å². The zero-order chi connectivity index (χ0) is 8.81. The van der Waals surface area contributed by atoms with Gasteiger partial charge in [0, 0.05) is 15.6 Å². The van der Waals surface area contributed by atoms with Crippen LogP contribution in [0.4, 0.5) is 0 Å². The number of hydrogen-bond donors (Lipinski definition) is 0. The van der Waals surface area contributed by atoms with E-state index in [0.717, 1.165) is 18.4 Å². The van der Waals surface area contributed by atoms with E-state index in [9.17, 15) is 0 Å². The molecule has 1 heteroatoms. The van der Waals surface area contributed by atoms with Gasteiger partial charge in [0.25, 0.3) is 0 Å². The molecule has 0 amide bonds. The highest BCUT2D eigenvalue weighted by Crippen LogP contribution is 2.06. The summed E-state index contributed by atoms with van der Waals surface area (Å²) in [7, 11) is 0. The van der Waals surface area contributed by atoms with Crippen LogP contribution in [0.1, 0.15) is 25.3 Å². The molecule has 62 valence electrons. The summed E-state index contributed by atoms with van der Waals surface area (Å²) in [6.45, 7) is 2.14. The first-order valence-corrected chi connectivity index (χ1v) is 5.15. The van der Waals surface area contributed by atoms with Crippen LogP contribution in [-0.2, 0) is 0 Å². The molecule has 0 nitrogen and oxygen atoms in total. The van der Waals surface area contributed by atoms with Crippen molar-refractivity contribution in [2.75, 3.05) is 0 Å². The highest BCUT2D eigenvalue weighted by Gasteiger charge is 1.86. The molecule has 0 aromatic heterocycles. The molecule has 0 spiro atoms. The molecule has 1 aromatic carbocycles. The smallest absolute Gasteiger partial charge is 0.0255 e. The van der Waals surface area contributed by atoms with Crippen LogP contribution in [0.25, 0.3) is 0 Å². The molecule has 0 radical (unpaired) electrons. The maximum Gasteiger partial charge on any atom is 0.0255 e. The molecule has 0 aliphatic heterocycles.